The zero-order valence-electron chi connectivity index (χ0n) is 18.2. The number of imidazole rings is 1. The van der Waals surface area contributed by atoms with E-state index in [4.69, 9.17) is 0 Å². The lowest BCUT2D eigenvalue weighted by Crippen LogP contribution is -2.47. The monoisotopic (exact) mass is 461 g/mol. The molecule has 2 aliphatic rings. The Morgan fingerprint density at radius 2 is 1.87 bits per heavy atom. The van der Waals surface area contributed by atoms with E-state index in [1.54, 1.807) is 6.20 Å². The average molecular weight is 462 g/mol. The van der Waals surface area contributed by atoms with Crippen LogP contribution in [0.5, 0.6) is 0 Å². The molecule has 2 heterocycles. The van der Waals surface area contributed by atoms with Crippen molar-refractivity contribution in [2.75, 3.05) is 17.3 Å². The van der Waals surface area contributed by atoms with Crippen molar-refractivity contribution < 1.29 is 13.2 Å². The summed E-state index contributed by atoms with van der Waals surface area (Å²) in [5, 5.41) is 0.774. The van der Waals surface area contributed by atoms with Gasteiger partial charge in [0, 0.05) is 30.2 Å². The molecular formula is C23H31N3O3S2. The molecule has 2 aromatic rings. The van der Waals surface area contributed by atoms with Crippen molar-refractivity contribution in [3.8, 4) is 5.69 Å². The number of aromatic nitrogens is 2. The number of sulfone groups is 1. The molecule has 1 unspecified atom stereocenters. The van der Waals surface area contributed by atoms with Crippen molar-refractivity contribution in [1.29, 1.82) is 0 Å². The molecule has 1 saturated carbocycles. The molecule has 0 bridgehead atoms. The highest BCUT2D eigenvalue weighted by molar-refractivity contribution is 7.99. The first-order valence-electron chi connectivity index (χ1n) is 11.1. The fourth-order valence-corrected chi connectivity index (χ4v) is 7.25. The Balaban J connectivity index is 1.46. The van der Waals surface area contributed by atoms with Gasteiger partial charge in [-0.1, -0.05) is 50.6 Å². The zero-order chi connectivity index (χ0) is 22.0. The molecule has 8 heteroatoms. The number of nitrogens with zero attached hydrogens (tertiary/aromatic N) is 3. The highest BCUT2D eigenvalue weighted by Crippen LogP contribution is 2.31. The van der Waals surface area contributed by atoms with E-state index in [9.17, 15) is 13.2 Å². The molecule has 2 fully saturated rings. The third kappa shape index (κ3) is 5.17. The lowest BCUT2D eigenvalue weighted by molar-refractivity contribution is -0.132. The first-order chi connectivity index (χ1) is 14.8. The van der Waals surface area contributed by atoms with E-state index >= 15 is 0 Å². The Labute approximate surface area is 189 Å². The summed E-state index contributed by atoms with van der Waals surface area (Å²) in [6.45, 7) is 4.34. The van der Waals surface area contributed by atoms with E-state index in [2.05, 4.69) is 43.1 Å². The molecule has 1 saturated heterocycles. The van der Waals surface area contributed by atoms with E-state index in [0.29, 0.717) is 12.3 Å². The standard InChI is InChI=1S/C23H31N3O3S2/c1-17(2)18-7-9-19(10-8-18)25-13-12-24-23(25)30-15-22(27)26(20-5-3-4-6-20)21-11-14-31(28,29)16-21/h7-10,12-13,17,20-21H,3-6,11,14-16H2,1-2H3. The summed E-state index contributed by atoms with van der Waals surface area (Å²) in [5.41, 5.74) is 2.30. The van der Waals surface area contributed by atoms with Gasteiger partial charge in [0.2, 0.25) is 5.91 Å². The van der Waals surface area contributed by atoms with Gasteiger partial charge in [-0.3, -0.25) is 9.36 Å². The maximum absolute atomic E-state index is 13.3. The lowest BCUT2D eigenvalue weighted by Gasteiger charge is -2.34. The normalized spacial score (nSPS) is 21.1. The van der Waals surface area contributed by atoms with Crippen molar-refractivity contribution in [2.45, 2.75) is 69.1 Å². The lowest BCUT2D eigenvalue weighted by atomic mass is 10.0. The fraction of sp³-hybridized carbons (Fsp3) is 0.565. The van der Waals surface area contributed by atoms with Gasteiger partial charge in [0.1, 0.15) is 0 Å². The van der Waals surface area contributed by atoms with Gasteiger partial charge in [0.25, 0.3) is 0 Å². The molecule has 168 valence electrons. The maximum Gasteiger partial charge on any atom is 0.233 e. The highest BCUT2D eigenvalue weighted by Gasteiger charge is 2.38. The van der Waals surface area contributed by atoms with Crippen LogP contribution in [0.2, 0.25) is 0 Å². The minimum Gasteiger partial charge on any atom is -0.335 e. The summed E-state index contributed by atoms with van der Waals surface area (Å²) in [4.78, 5) is 19.6. The van der Waals surface area contributed by atoms with Crippen LogP contribution in [0.4, 0.5) is 0 Å². The Morgan fingerprint density at radius 1 is 1.16 bits per heavy atom. The van der Waals surface area contributed by atoms with Crippen LogP contribution in [0.3, 0.4) is 0 Å². The molecule has 1 aliphatic carbocycles. The number of rotatable bonds is 7. The number of carbonyl (C=O) groups is 1. The minimum atomic E-state index is -3.03. The number of hydrogen-bond donors (Lipinski definition) is 0. The molecule has 31 heavy (non-hydrogen) atoms. The first-order valence-corrected chi connectivity index (χ1v) is 13.9. The van der Waals surface area contributed by atoms with Gasteiger partial charge in [-0.2, -0.15) is 0 Å². The van der Waals surface area contributed by atoms with Gasteiger partial charge in [-0.25, -0.2) is 13.4 Å². The number of thioether (sulfide) groups is 1. The van der Waals surface area contributed by atoms with Crippen LogP contribution in [0.25, 0.3) is 5.69 Å². The average Bonchev–Trinajstić information content (AvgIpc) is 3.48. The minimum absolute atomic E-state index is 0.0312. The predicted molar refractivity (Wildman–Crippen MR) is 125 cm³/mol. The molecule has 1 aliphatic heterocycles. The van der Waals surface area contributed by atoms with Gasteiger partial charge in [0.05, 0.1) is 17.3 Å². The summed E-state index contributed by atoms with van der Waals surface area (Å²) in [7, 11) is -3.03. The third-order valence-corrected chi connectivity index (χ3v) is 9.08. The molecule has 1 aromatic carbocycles. The molecule has 0 N–H and O–H groups in total. The van der Waals surface area contributed by atoms with Crippen LogP contribution in [-0.2, 0) is 14.6 Å². The second-order valence-corrected chi connectivity index (χ2v) is 12.1. The third-order valence-electron chi connectivity index (χ3n) is 6.38. The van der Waals surface area contributed by atoms with Crippen molar-refractivity contribution in [3.05, 3.63) is 42.2 Å². The second kappa shape index (κ2) is 9.36. The summed E-state index contributed by atoms with van der Waals surface area (Å²) in [6.07, 6.45) is 8.40. The largest absolute Gasteiger partial charge is 0.335 e. The smallest absolute Gasteiger partial charge is 0.233 e. The van der Waals surface area contributed by atoms with Crippen LogP contribution in [-0.4, -0.2) is 58.1 Å². The van der Waals surface area contributed by atoms with Gasteiger partial charge in [0.15, 0.2) is 15.0 Å². The van der Waals surface area contributed by atoms with Crippen molar-refractivity contribution in [3.63, 3.8) is 0 Å². The van der Waals surface area contributed by atoms with E-state index in [0.717, 1.165) is 36.5 Å². The fourth-order valence-electron chi connectivity index (χ4n) is 4.70. The van der Waals surface area contributed by atoms with E-state index in [1.165, 1.54) is 17.3 Å². The summed E-state index contributed by atoms with van der Waals surface area (Å²) in [5.74, 6) is 1.08. The van der Waals surface area contributed by atoms with Gasteiger partial charge >= 0.3 is 0 Å². The first kappa shape index (κ1) is 22.4. The molecule has 0 spiro atoms. The van der Waals surface area contributed by atoms with Crippen LogP contribution in [0, 0.1) is 0 Å². The Morgan fingerprint density at radius 3 is 2.48 bits per heavy atom. The number of hydrogen-bond acceptors (Lipinski definition) is 5. The number of amides is 1. The van der Waals surface area contributed by atoms with Crippen molar-refractivity contribution >= 4 is 27.5 Å². The van der Waals surface area contributed by atoms with Crippen molar-refractivity contribution in [2.24, 2.45) is 0 Å². The van der Waals surface area contributed by atoms with Gasteiger partial charge in [-0.15, -0.1) is 0 Å². The molecule has 6 nitrogen and oxygen atoms in total. The van der Waals surface area contributed by atoms with Crippen LogP contribution in [0.15, 0.2) is 41.8 Å². The molecule has 0 radical (unpaired) electrons. The van der Waals surface area contributed by atoms with E-state index in [1.807, 2.05) is 15.7 Å². The molecule has 1 atom stereocenters. The quantitative estimate of drug-likeness (QED) is 0.582. The van der Waals surface area contributed by atoms with Gasteiger partial charge < -0.3 is 4.90 Å². The number of benzene rings is 1. The Bertz CT molecular complexity index is 1010. The van der Waals surface area contributed by atoms with Gasteiger partial charge in [-0.05, 0) is 42.9 Å². The van der Waals surface area contributed by atoms with E-state index in [-0.39, 0.29) is 35.2 Å². The Hall–Kier alpha value is -1.80. The van der Waals surface area contributed by atoms with Crippen LogP contribution in [0.1, 0.15) is 57.4 Å². The molecule has 1 aromatic heterocycles. The summed E-state index contributed by atoms with van der Waals surface area (Å²) < 4.78 is 26.1. The SMILES string of the molecule is CC(C)c1ccc(-n2ccnc2SCC(=O)N(C2CCCC2)C2CCS(=O)(=O)C2)cc1. The highest BCUT2D eigenvalue weighted by atomic mass is 32.2. The summed E-state index contributed by atoms with van der Waals surface area (Å²) in [6, 6.07) is 8.41. The topological polar surface area (TPSA) is 72.3 Å². The second-order valence-electron chi connectivity index (χ2n) is 8.91. The molecule has 4 rings (SSSR count). The van der Waals surface area contributed by atoms with Crippen molar-refractivity contribution in [1.82, 2.24) is 14.5 Å². The number of carbonyl (C=O) groups excluding carboxylic acids is 1. The molecular weight excluding hydrogens is 430 g/mol. The zero-order valence-corrected chi connectivity index (χ0v) is 19.9. The predicted octanol–water partition coefficient (Wildman–Crippen LogP) is 4.05. The maximum atomic E-state index is 13.3. The van der Waals surface area contributed by atoms with Crippen LogP contribution < -0.4 is 0 Å². The molecule has 1 amide bonds. The van der Waals surface area contributed by atoms with Crippen LogP contribution >= 0.6 is 11.8 Å². The van der Waals surface area contributed by atoms with E-state index < -0.39 is 9.84 Å². The Kier molecular flexibility index (Phi) is 6.77. The summed E-state index contributed by atoms with van der Waals surface area (Å²) >= 11 is 1.42.